The van der Waals surface area contributed by atoms with E-state index in [4.69, 9.17) is 0 Å². The molecule has 2 heteroatoms. The van der Waals surface area contributed by atoms with Crippen LogP contribution >= 0.6 is 0 Å². The summed E-state index contributed by atoms with van der Waals surface area (Å²) in [4.78, 5) is 20.9. The lowest BCUT2D eigenvalue weighted by atomic mass is 10.3. The van der Waals surface area contributed by atoms with Gasteiger partial charge in [0.2, 0.25) is 0 Å². The van der Waals surface area contributed by atoms with Crippen molar-refractivity contribution in [1.82, 2.24) is 0 Å². The van der Waals surface area contributed by atoms with E-state index in [1.165, 1.54) is 25.2 Å². The molecule has 0 rings (SSSR count). The van der Waals surface area contributed by atoms with Crippen molar-refractivity contribution in [2.75, 3.05) is 0 Å². The fourth-order valence-electron chi connectivity index (χ4n) is 0.419. The zero-order valence-corrected chi connectivity index (χ0v) is 6.13. The summed E-state index contributed by atoms with van der Waals surface area (Å²) in [5.41, 5.74) is 0. The van der Waals surface area contributed by atoms with Gasteiger partial charge in [0, 0.05) is 0 Å². The van der Waals surface area contributed by atoms with E-state index in [1.807, 2.05) is 0 Å². The number of ketones is 2. The van der Waals surface area contributed by atoms with E-state index >= 15 is 0 Å². The average molecular weight is 138 g/mol. The van der Waals surface area contributed by atoms with Crippen molar-refractivity contribution in [3.63, 3.8) is 0 Å². The number of carbonyl (C=O) groups is 2. The molecule has 0 N–H and O–H groups in total. The van der Waals surface area contributed by atoms with Crippen LogP contribution in [0.25, 0.3) is 0 Å². The van der Waals surface area contributed by atoms with Gasteiger partial charge in [-0.25, -0.2) is 0 Å². The van der Waals surface area contributed by atoms with Gasteiger partial charge in [-0.3, -0.25) is 9.59 Å². The largest absolute Gasteiger partial charge is 0.295 e. The molecule has 0 spiro atoms. The number of hydrogen-bond acceptors (Lipinski definition) is 2. The third kappa shape index (κ3) is 4.97. The first-order valence-electron chi connectivity index (χ1n) is 3.02. The fraction of sp³-hybridized carbons (Fsp3) is 0.250. The van der Waals surface area contributed by atoms with Gasteiger partial charge in [-0.1, -0.05) is 6.08 Å². The van der Waals surface area contributed by atoms with E-state index in [0.29, 0.717) is 0 Å². The van der Waals surface area contributed by atoms with E-state index in [-0.39, 0.29) is 11.6 Å². The monoisotopic (exact) mass is 138 g/mol. The third-order valence-corrected chi connectivity index (χ3v) is 0.813. The highest BCUT2D eigenvalue weighted by molar-refractivity contribution is 6.03. The number of rotatable bonds is 3. The summed E-state index contributed by atoms with van der Waals surface area (Å²) >= 11 is 0. The molecule has 0 fully saturated rings. The summed E-state index contributed by atoms with van der Waals surface area (Å²) in [6, 6.07) is 0. The van der Waals surface area contributed by atoms with Gasteiger partial charge in [-0.2, -0.15) is 0 Å². The molecular weight excluding hydrogens is 128 g/mol. The fourth-order valence-corrected chi connectivity index (χ4v) is 0.419. The van der Waals surface area contributed by atoms with Crippen LogP contribution in [0.15, 0.2) is 24.3 Å². The van der Waals surface area contributed by atoms with Crippen LogP contribution in [0.2, 0.25) is 0 Å². The van der Waals surface area contributed by atoms with Crippen molar-refractivity contribution in [2.45, 2.75) is 13.8 Å². The first-order chi connectivity index (χ1) is 4.66. The van der Waals surface area contributed by atoms with Gasteiger partial charge in [0.25, 0.3) is 0 Å². The van der Waals surface area contributed by atoms with Crippen LogP contribution in [0.3, 0.4) is 0 Å². The molecule has 2 nitrogen and oxygen atoms in total. The molecule has 0 aliphatic heterocycles. The summed E-state index contributed by atoms with van der Waals surface area (Å²) in [6.45, 7) is 3.15. The van der Waals surface area contributed by atoms with Crippen LogP contribution in [0.4, 0.5) is 0 Å². The Balaban J connectivity index is 3.90. The van der Waals surface area contributed by atoms with Crippen LogP contribution < -0.4 is 0 Å². The highest BCUT2D eigenvalue weighted by atomic mass is 16.1. The molecule has 0 heterocycles. The lowest BCUT2D eigenvalue weighted by Crippen LogP contribution is -1.87. The van der Waals surface area contributed by atoms with Crippen molar-refractivity contribution in [3.05, 3.63) is 24.3 Å². The standard InChI is InChI=1S/C8H10O2/c1-3-4-8(10)6-5-7(2)9/h3-6H,1-2H3/b4-3-,6-5-. The normalized spacial score (nSPS) is 11.0. The number of carbonyl (C=O) groups excluding carboxylic acids is 2. The first-order valence-corrected chi connectivity index (χ1v) is 3.02. The van der Waals surface area contributed by atoms with Crippen LogP contribution in [0.1, 0.15) is 13.8 Å². The van der Waals surface area contributed by atoms with Crippen LogP contribution in [-0.4, -0.2) is 11.6 Å². The van der Waals surface area contributed by atoms with E-state index in [1.54, 1.807) is 13.0 Å². The Kier molecular flexibility index (Phi) is 4.12. The highest BCUT2D eigenvalue weighted by Gasteiger charge is 1.87. The van der Waals surface area contributed by atoms with Gasteiger partial charge >= 0.3 is 0 Å². The Hall–Kier alpha value is -1.18. The molecule has 0 aromatic carbocycles. The minimum absolute atomic E-state index is 0.113. The maximum atomic E-state index is 10.6. The Morgan fingerprint density at radius 1 is 1.10 bits per heavy atom. The maximum Gasteiger partial charge on any atom is 0.178 e. The molecule has 0 unspecified atom stereocenters. The number of hydrogen-bond donors (Lipinski definition) is 0. The smallest absolute Gasteiger partial charge is 0.178 e. The predicted octanol–water partition coefficient (Wildman–Crippen LogP) is 1.28. The molecule has 0 saturated carbocycles. The predicted molar refractivity (Wildman–Crippen MR) is 39.6 cm³/mol. The maximum absolute atomic E-state index is 10.6. The molecule has 0 saturated heterocycles. The second-order valence-electron chi connectivity index (χ2n) is 1.85. The van der Waals surface area contributed by atoms with E-state index in [9.17, 15) is 9.59 Å². The molecule has 0 aromatic rings. The third-order valence-electron chi connectivity index (χ3n) is 0.813. The minimum Gasteiger partial charge on any atom is -0.295 e. The molecule has 0 aliphatic rings. The zero-order valence-electron chi connectivity index (χ0n) is 6.13. The summed E-state index contributed by atoms with van der Waals surface area (Å²) in [5, 5.41) is 0. The molecule has 54 valence electrons. The number of allylic oxidation sites excluding steroid dienone is 4. The second kappa shape index (κ2) is 4.68. The molecule has 0 bridgehead atoms. The van der Waals surface area contributed by atoms with Crippen LogP contribution in [0.5, 0.6) is 0 Å². The van der Waals surface area contributed by atoms with Gasteiger partial charge in [0.15, 0.2) is 11.6 Å². The SMILES string of the molecule is C/C=C\C(=O)/C=C\C(C)=O. The molecule has 0 amide bonds. The summed E-state index contributed by atoms with van der Waals surface area (Å²) in [5.74, 6) is -0.268. The van der Waals surface area contributed by atoms with Gasteiger partial charge < -0.3 is 0 Å². The lowest BCUT2D eigenvalue weighted by molar-refractivity contribution is -0.114. The van der Waals surface area contributed by atoms with Gasteiger partial charge in [0.05, 0.1) is 0 Å². The Morgan fingerprint density at radius 2 is 1.70 bits per heavy atom. The van der Waals surface area contributed by atoms with Crippen molar-refractivity contribution < 1.29 is 9.59 Å². The summed E-state index contributed by atoms with van der Waals surface area (Å²) < 4.78 is 0. The zero-order chi connectivity index (χ0) is 7.98. The average Bonchev–Trinajstić information content (AvgIpc) is 1.85. The molecule has 0 aliphatic carbocycles. The van der Waals surface area contributed by atoms with Gasteiger partial charge in [-0.15, -0.1) is 0 Å². The van der Waals surface area contributed by atoms with Crippen molar-refractivity contribution >= 4 is 11.6 Å². The highest BCUT2D eigenvalue weighted by Crippen LogP contribution is 1.81. The molecule has 0 aromatic heterocycles. The molecule has 0 radical (unpaired) electrons. The van der Waals surface area contributed by atoms with Crippen molar-refractivity contribution in [2.24, 2.45) is 0 Å². The van der Waals surface area contributed by atoms with Gasteiger partial charge in [-0.05, 0) is 32.1 Å². The van der Waals surface area contributed by atoms with E-state index in [0.717, 1.165) is 0 Å². The van der Waals surface area contributed by atoms with Gasteiger partial charge in [0.1, 0.15) is 0 Å². The Bertz CT molecular complexity index is 187. The topological polar surface area (TPSA) is 34.1 Å². The van der Waals surface area contributed by atoms with E-state index < -0.39 is 0 Å². The first kappa shape index (κ1) is 8.82. The Morgan fingerprint density at radius 3 is 2.10 bits per heavy atom. The summed E-state index contributed by atoms with van der Waals surface area (Å²) in [7, 11) is 0. The quantitative estimate of drug-likeness (QED) is 0.550. The van der Waals surface area contributed by atoms with Crippen molar-refractivity contribution in [1.29, 1.82) is 0 Å². The summed E-state index contributed by atoms with van der Waals surface area (Å²) in [6.07, 6.45) is 5.54. The molecule has 10 heavy (non-hydrogen) atoms. The van der Waals surface area contributed by atoms with Crippen molar-refractivity contribution in [3.8, 4) is 0 Å². The molecule has 0 atom stereocenters. The lowest BCUT2D eigenvalue weighted by Gasteiger charge is -1.78. The minimum atomic E-state index is -0.155. The van der Waals surface area contributed by atoms with E-state index in [2.05, 4.69) is 0 Å². The second-order valence-corrected chi connectivity index (χ2v) is 1.85. The molecular formula is C8H10O2. The van der Waals surface area contributed by atoms with Crippen LogP contribution in [-0.2, 0) is 9.59 Å². The Labute approximate surface area is 60.2 Å². The van der Waals surface area contributed by atoms with Crippen LogP contribution in [0, 0.1) is 0 Å².